The lowest BCUT2D eigenvalue weighted by atomic mass is 10.1. The van der Waals surface area contributed by atoms with Crippen LogP contribution in [-0.2, 0) is 0 Å². The van der Waals surface area contributed by atoms with Gasteiger partial charge in [0.2, 0.25) is 0 Å². The Labute approximate surface area is 178 Å². The molecule has 7 heteroatoms. The third kappa shape index (κ3) is 4.09. The van der Waals surface area contributed by atoms with Crippen molar-refractivity contribution in [2.75, 3.05) is 5.75 Å². The first-order valence-corrected chi connectivity index (χ1v) is 10.7. The SMILES string of the molecule is Cc1cc2nnc(SCC(=O)c3ccc(OC(C)C)cc3)n2c2ccc(Cl)cc12. The van der Waals surface area contributed by atoms with Gasteiger partial charge in [-0.2, -0.15) is 0 Å². The summed E-state index contributed by atoms with van der Waals surface area (Å²) in [6, 6.07) is 15.0. The number of benzene rings is 2. The van der Waals surface area contributed by atoms with Crippen molar-refractivity contribution in [2.45, 2.75) is 32.0 Å². The summed E-state index contributed by atoms with van der Waals surface area (Å²) in [5.74, 6) is 1.06. The van der Waals surface area contributed by atoms with E-state index in [1.165, 1.54) is 11.8 Å². The summed E-state index contributed by atoms with van der Waals surface area (Å²) in [5, 5.41) is 11.0. The zero-order valence-electron chi connectivity index (χ0n) is 16.3. The molecule has 5 nitrogen and oxygen atoms in total. The lowest BCUT2D eigenvalue weighted by Crippen LogP contribution is -2.06. The first-order valence-electron chi connectivity index (χ1n) is 9.29. The molecule has 148 valence electrons. The predicted molar refractivity (Wildman–Crippen MR) is 118 cm³/mol. The number of ketones is 1. The van der Waals surface area contributed by atoms with E-state index in [9.17, 15) is 4.79 Å². The maximum atomic E-state index is 12.6. The van der Waals surface area contributed by atoms with Gasteiger partial charge in [-0.3, -0.25) is 9.20 Å². The molecule has 4 rings (SSSR count). The quantitative estimate of drug-likeness (QED) is 0.297. The van der Waals surface area contributed by atoms with Crippen LogP contribution in [0.15, 0.2) is 53.7 Å². The van der Waals surface area contributed by atoms with Crippen LogP contribution in [0.3, 0.4) is 0 Å². The van der Waals surface area contributed by atoms with Crippen LogP contribution in [-0.4, -0.2) is 32.2 Å². The number of pyridine rings is 1. The fourth-order valence-electron chi connectivity index (χ4n) is 3.19. The van der Waals surface area contributed by atoms with Crippen LogP contribution in [0.4, 0.5) is 0 Å². The molecule has 29 heavy (non-hydrogen) atoms. The zero-order valence-corrected chi connectivity index (χ0v) is 17.9. The average Bonchev–Trinajstić information content (AvgIpc) is 3.09. The number of nitrogens with zero attached hydrogens (tertiary/aromatic N) is 3. The summed E-state index contributed by atoms with van der Waals surface area (Å²) in [7, 11) is 0. The molecule has 0 spiro atoms. The van der Waals surface area contributed by atoms with Gasteiger partial charge in [0.15, 0.2) is 16.6 Å². The van der Waals surface area contributed by atoms with Gasteiger partial charge in [0.05, 0.1) is 17.4 Å². The van der Waals surface area contributed by atoms with E-state index in [-0.39, 0.29) is 17.6 Å². The number of hydrogen-bond donors (Lipinski definition) is 0. The highest BCUT2D eigenvalue weighted by atomic mass is 35.5. The van der Waals surface area contributed by atoms with Gasteiger partial charge in [-0.1, -0.05) is 23.4 Å². The van der Waals surface area contributed by atoms with Crippen LogP contribution in [0.5, 0.6) is 5.75 Å². The van der Waals surface area contributed by atoms with Crippen molar-refractivity contribution >= 4 is 45.7 Å². The van der Waals surface area contributed by atoms with E-state index in [1.807, 2.05) is 61.6 Å². The van der Waals surface area contributed by atoms with E-state index in [0.29, 0.717) is 15.7 Å². The average molecular weight is 426 g/mol. The van der Waals surface area contributed by atoms with E-state index < -0.39 is 0 Å². The monoisotopic (exact) mass is 425 g/mol. The van der Waals surface area contributed by atoms with Gasteiger partial charge < -0.3 is 4.74 Å². The number of fused-ring (bicyclic) bond motifs is 3. The Morgan fingerprint density at radius 1 is 1.14 bits per heavy atom. The van der Waals surface area contributed by atoms with Gasteiger partial charge in [0, 0.05) is 16.0 Å². The molecule has 2 aromatic heterocycles. The molecule has 2 heterocycles. The molecule has 0 aliphatic rings. The number of aryl methyl sites for hydroxylation is 1. The lowest BCUT2D eigenvalue weighted by molar-refractivity contribution is 0.102. The number of carbonyl (C=O) groups excluding carboxylic acids is 1. The van der Waals surface area contributed by atoms with Crippen molar-refractivity contribution in [3.8, 4) is 5.75 Å². The van der Waals surface area contributed by atoms with E-state index >= 15 is 0 Å². The maximum absolute atomic E-state index is 12.6. The molecule has 0 aliphatic heterocycles. The number of aromatic nitrogens is 3. The third-order valence-corrected chi connectivity index (χ3v) is 5.67. The van der Waals surface area contributed by atoms with E-state index in [4.69, 9.17) is 16.3 Å². The Morgan fingerprint density at radius 3 is 2.62 bits per heavy atom. The van der Waals surface area contributed by atoms with Gasteiger partial charge in [0.25, 0.3) is 0 Å². The molecule has 0 fully saturated rings. The molecule has 0 unspecified atom stereocenters. The highest BCUT2D eigenvalue weighted by molar-refractivity contribution is 7.99. The van der Waals surface area contributed by atoms with Crippen LogP contribution in [0.1, 0.15) is 29.8 Å². The second kappa shape index (κ2) is 8.05. The molecule has 0 amide bonds. The predicted octanol–water partition coefficient (Wildman–Crippen LogP) is 5.61. The van der Waals surface area contributed by atoms with Crippen LogP contribution in [0.25, 0.3) is 16.6 Å². The molecule has 0 bridgehead atoms. The fourth-order valence-corrected chi connectivity index (χ4v) is 4.21. The molecule has 0 atom stereocenters. The van der Waals surface area contributed by atoms with Crippen LogP contribution >= 0.6 is 23.4 Å². The number of Topliss-reactive ketones (excluding diaryl/α,β-unsaturated/α-hetero) is 1. The summed E-state index contributed by atoms with van der Waals surface area (Å²) in [5.41, 5.74) is 3.45. The number of hydrogen-bond acceptors (Lipinski definition) is 5. The van der Waals surface area contributed by atoms with Gasteiger partial charge in [-0.15, -0.1) is 10.2 Å². The number of ether oxygens (including phenoxy) is 1. The molecular formula is C22H20ClN3O2S. The first kappa shape index (κ1) is 19.7. The fraction of sp³-hybridized carbons (Fsp3) is 0.227. The summed E-state index contributed by atoms with van der Waals surface area (Å²) in [4.78, 5) is 12.6. The molecular weight excluding hydrogens is 406 g/mol. The van der Waals surface area contributed by atoms with Gasteiger partial charge in [-0.05, 0) is 74.9 Å². The van der Waals surface area contributed by atoms with Crippen molar-refractivity contribution in [2.24, 2.45) is 0 Å². The first-order chi connectivity index (χ1) is 13.9. The highest BCUT2D eigenvalue weighted by Gasteiger charge is 2.14. The normalized spacial score (nSPS) is 11.5. The number of thioether (sulfide) groups is 1. The lowest BCUT2D eigenvalue weighted by Gasteiger charge is -2.10. The Bertz CT molecular complexity index is 1200. The minimum absolute atomic E-state index is 0.0299. The number of carbonyl (C=O) groups is 1. The molecule has 0 radical (unpaired) electrons. The minimum Gasteiger partial charge on any atom is -0.491 e. The highest BCUT2D eigenvalue weighted by Crippen LogP contribution is 2.28. The molecule has 0 aliphatic carbocycles. The molecule has 2 aromatic carbocycles. The third-order valence-electron chi connectivity index (χ3n) is 4.51. The Balaban J connectivity index is 1.58. The second-order valence-electron chi connectivity index (χ2n) is 7.07. The largest absolute Gasteiger partial charge is 0.491 e. The topological polar surface area (TPSA) is 56.5 Å². The molecule has 0 saturated heterocycles. The van der Waals surface area contributed by atoms with Gasteiger partial charge in [0.1, 0.15) is 5.75 Å². The van der Waals surface area contributed by atoms with Crippen LogP contribution in [0.2, 0.25) is 5.02 Å². The van der Waals surface area contributed by atoms with Crippen LogP contribution in [0, 0.1) is 6.92 Å². The molecule has 0 N–H and O–H groups in total. The van der Waals surface area contributed by atoms with Gasteiger partial charge in [-0.25, -0.2) is 0 Å². The van der Waals surface area contributed by atoms with E-state index in [2.05, 4.69) is 10.2 Å². The summed E-state index contributed by atoms with van der Waals surface area (Å²) < 4.78 is 7.60. The maximum Gasteiger partial charge on any atom is 0.196 e. The van der Waals surface area contributed by atoms with Gasteiger partial charge >= 0.3 is 0 Å². The van der Waals surface area contributed by atoms with Crippen molar-refractivity contribution in [1.82, 2.24) is 14.6 Å². The molecule has 0 saturated carbocycles. The van der Waals surface area contributed by atoms with Crippen molar-refractivity contribution < 1.29 is 9.53 Å². The van der Waals surface area contributed by atoms with E-state index in [1.54, 1.807) is 12.1 Å². The summed E-state index contributed by atoms with van der Waals surface area (Å²) in [6.45, 7) is 5.96. The number of halogens is 1. The van der Waals surface area contributed by atoms with Crippen molar-refractivity contribution in [1.29, 1.82) is 0 Å². The zero-order chi connectivity index (χ0) is 20.5. The van der Waals surface area contributed by atoms with E-state index in [0.717, 1.165) is 27.9 Å². The second-order valence-corrected chi connectivity index (χ2v) is 8.45. The Kier molecular flexibility index (Phi) is 5.48. The smallest absolute Gasteiger partial charge is 0.196 e. The van der Waals surface area contributed by atoms with Crippen LogP contribution < -0.4 is 4.74 Å². The number of rotatable bonds is 6. The summed E-state index contributed by atoms with van der Waals surface area (Å²) >= 11 is 7.54. The molecule has 4 aromatic rings. The van der Waals surface area contributed by atoms with Crippen molar-refractivity contribution in [3.05, 3.63) is 64.7 Å². The standard InChI is InChI=1S/C22H20ClN3O2S/c1-13(2)28-17-7-4-15(5-8-17)20(27)12-29-22-25-24-21-10-14(3)18-11-16(23)6-9-19(18)26(21)22/h4-11,13H,12H2,1-3H3. The Hall–Kier alpha value is -2.57. The summed E-state index contributed by atoms with van der Waals surface area (Å²) in [6.07, 6.45) is 0.0988. The Morgan fingerprint density at radius 2 is 1.90 bits per heavy atom. The van der Waals surface area contributed by atoms with Crippen molar-refractivity contribution in [3.63, 3.8) is 0 Å². The minimum atomic E-state index is 0.0299.